The third-order valence-electron chi connectivity index (χ3n) is 3.52. The first kappa shape index (κ1) is 8.05. The number of hydrogen-bond donors (Lipinski definition) is 2. The highest BCUT2D eigenvalue weighted by Gasteiger charge is 2.58. The van der Waals surface area contributed by atoms with Gasteiger partial charge in [-0.25, -0.2) is 0 Å². The van der Waals surface area contributed by atoms with E-state index in [1.807, 2.05) is 6.92 Å². The molecule has 0 aromatic carbocycles. The SMILES string of the molecule is CC(C(=O)O)C1CC12CCNC2. The van der Waals surface area contributed by atoms with Crippen LogP contribution in [-0.4, -0.2) is 24.2 Å². The monoisotopic (exact) mass is 169 g/mol. The molecule has 2 rings (SSSR count). The topological polar surface area (TPSA) is 49.3 Å². The van der Waals surface area contributed by atoms with Crippen molar-refractivity contribution >= 4 is 5.97 Å². The molecule has 0 radical (unpaired) electrons. The molecule has 0 aromatic heterocycles. The van der Waals surface area contributed by atoms with E-state index >= 15 is 0 Å². The maximum atomic E-state index is 10.7. The highest BCUT2D eigenvalue weighted by molar-refractivity contribution is 5.70. The van der Waals surface area contributed by atoms with Crippen molar-refractivity contribution in [1.82, 2.24) is 5.32 Å². The summed E-state index contributed by atoms with van der Waals surface area (Å²) in [4.78, 5) is 10.7. The minimum absolute atomic E-state index is 0.148. The Labute approximate surface area is 72.2 Å². The molecular weight excluding hydrogens is 154 g/mol. The lowest BCUT2D eigenvalue weighted by Crippen LogP contribution is -2.18. The molecule has 2 fully saturated rings. The van der Waals surface area contributed by atoms with Crippen LogP contribution in [0.25, 0.3) is 0 Å². The molecule has 1 saturated heterocycles. The lowest BCUT2D eigenvalue weighted by molar-refractivity contribution is -0.142. The van der Waals surface area contributed by atoms with Gasteiger partial charge >= 0.3 is 5.97 Å². The van der Waals surface area contributed by atoms with Crippen molar-refractivity contribution in [3.8, 4) is 0 Å². The Morgan fingerprint density at radius 2 is 2.50 bits per heavy atom. The minimum atomic E-state index is -0.635. The van der Waals surface area contributed by atoms with Crippen molar-refractivity contribution in [2.45, 2.75) is 19.8 Å². The van der Waals surface area contributed by atoms with Gasteiger partial charge < -0.3 is 10.4 Å². The van der Waals surface area contributed by atoms with E-state index in [1.54, 1.807) is 0 Å². The van der Waals surface area contributed by atoms with Crippen LogP contribution in [0.3, 0.4) is 0 Å². The second-order valence-electron chi connectivity index (χ2n) is 4.23. The van der Waals surface area contributed by atoms with Crippen LogP contribution in [0.1, 0.15) is 19.8 Å². The van der Waals surface area contributed by atoms with E-state index in [4.69, 9.17) is 5.11 Å². The first-order valence-corrected chi connectivity index (χ1v) is 4.59. The Morgan fingerprint density at radius 1 is 1.75 bits per heavy atom. The van der Waals surface area contributed by atoms with Crippen molar-refractivity contribution < 1.29 is 9.90 Å². The van der Waals surface area contributed by atoms with Gasteiger partial charge in [-0.15, -0.1) is 0 Å². The zero-order chi connectivity index (χ0) is 8.77. The van der Waals surface area contributed by atoms with Gasteiger partial charge in [-0.05, 0) is 30.7 Å². The number of rotatable bonds is 2. The lowest BCUT2D eigenvalue weighted by atomic mass is 9.95. The highest BCUT2D eigenvalue weighted by atomic mass is 16.4. The van der Waals surface area contributed by atoms with Crippen LogP contribution in [0.5, 0.6) is 0 Å². The maximum Gasteiger partial charge on any atom is 0.306 e. The van der Waals surface area contributed by atoms with E-state index in [9.17, 15) is 4.79 Å². The summed E-state index contributed by atoms with van der Waals surface area (Å²) in [5, 5.41) is 12.1. The highest BCUT2D eigenvalue weighted by Crippen LogP contribution is 2.59. The second-order valence-corrected chi connectivity index (χ2v) is 4.23. The van der Waals surface area contributed by atoms with Gasteiger partial charge in [0.05, 0.1) is 5.92 Å². The number of carboxylic acid groups (broad SMARTS) is 1. The molecule has 3 nitrogen and oxygen atoms in total. The van der Waals surface area contributed by atoms with E-state index in [-0.39, 0.29) is 5.92 Å². The molecule has 2 aliphatic rings. The molecule has 0 amide bonds. The van der Waals surface area contributed by atoms with E-state index in [2.05, 4.69) is 5.32 Å². The van der Waals surface area contributed by atoms with Crippen LogP contribution < -0.4 is 5.32 Å². The predicted octanol–water partition coefficient (Wildman–Crippen LogP) is 0.707. The van der Waals surface area contributed by atoms with Crippen molar-refractivity contribution in [2.24, 2.45) is 17.3 Å². The third kappa shape index (κ3) is 1.04. The van der Waals surface area contributed by atoms with Crippen LogP contribution >= 0.6 is 0 Å². The number of hydrogen-bond acceptors (Lipinski definition) is 2. The molecule has 1 heterocycles. The fraction of sp³-hybridized carbons (Fsp3) is 0.889. The summed E-state index contributed by atoms with van der Waals surface area (Å²) in [6.07, 6.45) is 2.29. The summed E-state index contributed by atoms with van der Waals surface area (Å²) in [7, 11) is 0. The zero-order valence-electron chi connectivity index (χ0n) is 7.34. The standard InChI is InChI=1S/C9H15NO2/c1-6(8(11)12)7-4-9(7)2-3-10-5-9/h6-7,10H,2-5H2,1H3,(H,11,12). The Kier molecular flexibility index (Phi) is 1.65. The molecule has 1 aliphatic heterocycles. The first-order chi connectivity index (χ1) is 5.66. The van der Waals surface area contributed by atoms with Gasteiger partial charge in [0, 0.05) is 6.54 Å². The van der Waals surface area contributed by atoms with Crippen molar-refractivity contribution in [2.75, 3.05) is 13.1 Å². The molecule has 0 bridgehead atoms. The van der Waals surface area contributed by atoms with E-state index in [0.29, 0.717) is 11.3 Å². The number of carboxylic acids is 1. The molecule has 68 valence electrons. The van der Waals surface area contributed by atoms with Crippen molar-refractivity contribution in [3.05, 3.63) is 0 Å². The van der Waals surface area contributed by atoms with Gasteiger partial charge in [0.15, 0.2) is 0 Å². The van der Waals surface area contributed by atoms with Crippen LogP contribution in [0.15, 0.2) is 0 Å². The first-order valence-electron chi connectivity index (χ1n) is 4.59. The van der Waals surface area contributed by atoms with Gasteiger partial charge in [-0.1, -0.05) is 6.92 Å². The average Bonchev–Trinajstić information content (AvgIpc) is 2.48. The van der Waals surface area contributed by atoms with Gasteiger partial charge in [0.25, 0.3) is 0 Å². The molecule has 0 aromatic rings. The largest absolute Gasteiger partial charge is 0.481 e. The molecule has 2 N–H and O–H groups in total. The molecule has 1 saturated carbocycles. The van der Waals surface area contributed by atoms with Crippen LogP contribution in [0.4, 0.5) is 0 Å². The summed E-state index contributed by atoms with van der Waals surface area (Å²) in [5.41, 5.74) is 0.373. The van der Waals surface area contributed by atoms with Gasteiger partial charge in [0.2, 0.25) is 0 Å². The Morgan fingerprint density at radius 3 is 3.00 bits per heavy atom. The third-order valence-corrected chi connectivity index (χ3v) is 3.52. The van der Waals surface area contributed by atoms with Crippen LogP contribution in [0.2, 0.25) is 0 Å². The summed E-state index contributed by atoms with van der Waals surface area (Å²) >= 11 is 0. The second kappa shape index (κ2) is 2.46. The summed E-state index contributed by atoms with van der Waals surface area (Å²) < 4.78 is 0. The number of nitrogens with one attached hydrogen (secondary N) is 1. The Bertz CT molecular complexity index is 209. The summed E-state index contributed by atoms with van der Waals surface area (Å²) in [6.45, 7) is 3.94. The fourth-order valence-corrected chi connectivity index (χ4v) is 2.51. The molecule has 1 spiro atoms. The zero-order valence-corrected chi connectivity index (χ0v) is 7.34. The Balaban J connectivity index is 1.98. The molecule has 3 unspecified atom stereocenters. The van der Waals surface area contributed by atoms with E-state index < -0.39 is 5.97 Å². The van der Waals surface area contributed by atoms with Gasteiger partial charge in [-0.3, -0.25) is 4.79 Å². The minimum Gasteiger partial charge on any atom is -0.481 e. The van der Waals surface area contributed by atoms with Gasteiger partial charge in [0.1, 0.15) is 0 Å². The number of carbonyl (C=O) groups is 1. The van der Waals surface area contributed by atoms with Crippen molar-refractivity contribution in [3.63, 3.8) is 0 Å². The van der Waals surface area contributed by atoms with Crippen molar-refractivity contribution in [1.29, 1.82) is 0 Å². The predicted molar refractivity (Wildman–Crippen MR) is 44.8 cm³/mol. The quantitative estimate of drug-likeness (QED) is 0.640. The molecule has 12 heavy (non-hydrogen) atoms. The van der Waals surface area contributed by atoms with Gasteiger partial charge in [-0.2, -0.15) is 0 Å². The maximum absolute atomic E-state index is 10.7. The summed E-state index contributed by atoms with van der Waals surface area (Å²) in [5.74, 6) is -0.348. The smallest absolute Gasteiger partial charge is 0.306 e. The summed E-state index contributed by atoms with van der Waals surface area (Å²) in [6, 6.07) is 0. The lowest BCUT2D eigenvalue weighted by Gasteiger charge is -2.10. The number of aliphatic carboxylic acids is 1. The average molecular weight is 169 g/mol. The van der Waals surface area contributed by atoms with E-state index in [0.717, 1.165) is 19.5 Å². The van der Waals surface area contributed by atoms with Crippen LogP contribution in [0, 0.1) is 17.3 Å². The Hall–Kier alpha value is -0.570. The normalized spacial score (nSPS) is 41.6. The van der Waals surface area contributed by atoms with Crippen LogP contribution in [-0.2, 0) is 4.79 Å². The van der Waals surface area contributed by atoms with E-state index in [1.165, 1.54) is 6.42 Å². The molecule has 3 heteroatoms. The molecule has 3 atom stereocenters. The molecule has 1 aliphatic carbocycles. The fourth-order valence-electron chi connectivity index (χ4n) is 2.51. The molecular formula is C9H15NO2.